The van der Waals surface area contributed by atoms with E-state index in [9.17, 15) is 5.11 Å². The average Bonchev–Trinajstić information content (AvgIpc) is 2.90. The van der Waals surface area contributed by atoms with Crippen LogP contribution in [0.1, 0.15) is 6.92 Å². The Morgan fingerprint density at radius 1 is 1.37 bits per heavy atom. The number of aliphatic hydroxyl groups is 1. The van der Waals surface area contributed by atoms with E-state index in [1.54, 1.807) is 6.20 Å². The van der Waals surface area contributed by atoms with Crippen molar-refractivity contribution < 1.29 is 9.84 Å². The summed E-state index contributed by atoms with van der Waals surface area (Å²) < 4.78 is 7.18. The zero-order valence-corrected chi connectivity index (χ0v) is 11.5. The summed E-state index contributed by atoms with van der Waals surface area (Å²) in [5.74, 6) is 0. The van der Waals surface area contributed by atoms with Crippen LogP contribution in [0.15, 0.2) is 18.5 Å². The smallest absolute Gasteiger partial charge is 0.0791 e. The van der Waals surface area contributed by atoms with E-state index in [1.165, 1.54) is 0 Å². The zero-order chi connectivity index (χ0) is 13.5. The van der Waals surface area contributed by atoms with Gasteiger partial charge in [0.05, 0.1) is 25.9 Å². The van der Waals surface area contributed by atoms with Crippen molar-refractivity contribution in [3.63, 3.8) is 0 Å². The van der Waals surface area contributed by atoms with Crippen LogP contribution in [0.4, 0.5) is 0 Å². The number of nitrogens with zero attached hydrogens (tertiary/aromatic N) is 3. The highest BCUT2D eigenvalue weighted by Gasteiger charge is 2.15. The molecule has 2 N–H and O–H groups in total. The third kappa shape index (κ3) is 5.28. The van der Waals surface area contributed by atoms with Crippen molar-refractivity contribution in [2.24, 2.45) is 0 Å². The lowest BCUT2D eigenvalue weighted by atomic mass is 10.2. The van der Waals surface area contributed by atoms with Gasteiger partial charge in [0, 0.05) is 44.6 Å². The van der Waals surface area contributed by atoms with Gasteiger partial charge in [-0.15, -0.1) is 0 Å². The van der Waals surface area contributed by atoms with Gasteiger partial charge in [-0.1, -0.05) is 0 Å². The maximum absolute atomic E-state index is 10.0. The summed E-state index contributed by atoms with van der Waals surface area (Å²) >= 11 is 0. The normalized spacial score (nSPS) is 20.3. The fraction of sp³-hybridized carbons (Fsp3) is 0.769. The second-order valence-corrected chi connectivity index (χ2v) is 5.10. The molecule has 0 radical (unpaired) electrons. The minimum atomic E-state index is -0.335. The summed E-state index contributed by atoms with van der Waals surface area (Å²) in [6.07, 6.45) is 3.39. The van der Waals surface area contributed by atoms with Crippen molar-refractivity contribution in [1.29, 1.82) is 0 Å². The standard InChI is InChI=1S/C13H24N4O2/c1-12(10-17-4-2-3-15-17)14-9-13(18)11-16-5-7-19-8-6-16/h2-4,12-14,18H,5-11H2,1H3. The maximum atomic E-state index is 10.0. The third-order valence-corrected chi connectivity index (χ3v) is 3.29. The van der Waals surface area contributed by atoms with Crippen molar-refractivity contribution in [2.75, 3.05) is 39.4 Å². The molecule has 1 saturated heterocycles. The Hall–Kier alpha value is -0.950. The molecule has 0 bridgehead atoms. The van der Waals surface area contributed by atoms with Crippen LogP contribution < -0.4 is 5.32 Å². The second-order valence-electron chi connectivity index (χ2n) is 5.10. The van der Waals surface area contributed by atoms with Gasteiger partial charge in [-0.25, -0.2) is 0 Å². The Morgan fingerprint density at radius 2 is 2.16 bits per heavy atom. The van der Waals surface area contributed by atoms with Gasteiger partial charge in [0.15, 0.2) is 0 Å². The van der Waals surface area contributed by atoms with Gasteiger partial charge < -0.3 is 15.2 Å². The van der Waals surface area contributed by atoms with Gasteiger partial charge >= 0.3 is 0 Å². The molecule has 2 heterocycles. The van der Waals surface area contributed by atoms with E-state index in [-0.39, 0.29) is 6.10 Å². The molecule has 1 fully saturated rings. The summed E-state index contributed by atoms with van der Waals surface area (Å²) in [6, 6.07) is 2.21. The largest absolute Gasteiger partial charge is 0.390 e. The van der Waals surface area contributed by atoms with Gasteiger partial charge in [0.2, 0.25) is 0 Å². The lowest BCUT2D eigenvalue weighted by molar-refractivity contribution is 0.0144. The molecule has 0 aliphatic carbocycles. The molecule has 0 saturated carbocycles. The number of morpholine rings is 1. The number of aromatic nitrogens is 2. The number of nitrogens with one attached hydrogen (secondary N) is 1. The predicted molar refractivity (Wildman–Crippen MR) is 73.0 cm³/mol. The molecule has 1 aromatic rings. The van der Waals surface area contributed by atoms with Crippen molar-refractivity contribution in [3.05, 3.63) is 18.5 Å². The Bertz CT molecular complexity index is 338. The van der Waals surface area contributed by atoms with E-state index in [4.69, 9.17) is 4.74 Å². The van der Waals surface area contributed by atoms with Crippen LogP contribution in [0.2, 0.25) is 0 Å². The maximum Gasteiger partial charge on any atom is 0.0791 e. The van der Waals surface area contributed by atoms with Crippen LogP contribution >= 0.6 is 0 Å². The average molecular weight is 268 g/mol. The number of hydrogen-bond acceptors (Lipinski definition) is 5. The van der Waals surface area contributed by atoms with Crippen LogP contribution in [-0.2, 0) is 11.3 Å². The number of β-amino-alcohol motifs (C(OH)–C–C–N with tert-alkyl or cyclic N) is 1. The quantitative estimate of drug-likeness (QED) is 0.701. The van der Waals surface area contributed by atoms with Crippen LogP contribution in [0.25, 0.3) is 0 Å². The van der Waals surface area contributed by atoms with E-state index >= 15 is 0 Å². The van der Waals surface area contributed by atoms with E-state index in [0.29, 0.717) is 19.1 Å². The van der Waals surface area contributed by atoms with Crippen LogP contribution in [-0.4, -0.2) is 71.3 Å². The Balaban J connectivity index is 1.61. The molecule has 108 valence electrons. The molecular weight excluding hydrogens is 244 g/mol. The van der Waals surface area contributed by atoms with Gasteiger partial charge in [-0.05, 0) is 13.0 Å². The Kier molecular flexibility index (Phi) is 5.78. The van der Waals surface area contributed by atoms with Crippen LogP contribution in [0.5, 0.6) is 0 Å². The summed E-state index contributed by atoms with van der Waals surface area (Å²) in [7, 11) is 0. The summed E-state index contributed by atoms with van der Waals surface area (Å²) in [5, 5.41) is 17.5. The molecule has 2 unspecified atom stereocenters. The first-order valence-electron chi connectivity index (χ1n) is 6.93. The van der Waals surface area contributed by atoms with E-state index < -0.39 is 0 Å². The third-order valence-electron chi connectivity index (χ3n) is 3.29. The number of rotatable bonds is 7. The lowest BCUT2D eigenvalue weighted by Gasteiger charge is -2.29. The van der Waals surface area contributed by atoms with E-state index in [0.717, 1.165) is 32.8 Å². The molecule has 0 amide bonds. The highest BCUT2D eigenvalue weighted by molar-refractivity contribution is 4.79. The molecule has 2 rings (SSSR count). The highest BCUT2D eigenvalue weighted by atomic mass is 16.5. The minimum Gasteiger partial charge on any atom is -0.390 e. The molecule has 0 spiro atoms. The number of hydrogen-bond donors (Lipinski definition) is 2. The first-order valence-corrected chi connectivity index (χ1v) is 6.93. The fourth-order valence-corrected chi connectivity index (χ4v) is 2.24. The molecular formula is C13H24N4O2. The SMILES string of the molecule is CC(Cn1cccn1)NCC(O)CN1CCOCC1. The predicted octanol–water partition coefficient (Wildman–Crippen LogP) is -0.446. The molecule has 6 nitrogen and oxygen atoms in total. The highest BCUT2D eigenvalue weighted by Crippen LogP contribution is 1.99. The van der Waals surface area contributed by atoms with Crippen molar-refractivity contribution >= 4 is 0 Å². The summed E-state index contributed by atoms with van der Waals surface area (Å²) in [5.41, 5.74) is 0. The molecule has 6 heteroatoms. The first kappa shape index (κ1) is 14.5. The lowest BCUT2D eigenvalue weighted by Crippen LogP contribution is -2.45. The topological polar surface area (TPSA) is 62.5 Å². The van der Waals surface area contributed by atoms with Gasteiger partial charge in [0.25, 0.3) is 0 Å². The monoisotopic (exact) mass is 268 g/mol. The van der Waals surface area contributed by atoms with Gasteiger partial charge in [0.1, 0.15) is 0 Å². The van der Waals surface area contributed by atoms with Crippen molar-refractivity contribution in [2.45, 2.75) is 25.6 Å². The summed E-state index contributed by atoms with van der Waals surface area (Å²) in [4.78, 5) is 2.24. The molecule has 1 aliphatic heterocycles. The van der Waals surface area contributed by atoms with Crippen molar-refractivity contribution in [1.82, 2.24) is 20.0 Å². The van der Waals surface area contributed by atoms with Gasteiger partial charge in [-0.3, -0.25) is 9.58 Å². The number of ether oxygens (including phenoxy) is 1. The molecule has 2 atom stereocenters. The second kappa shape index (κ2) is 7.59. The van der Waals surface area contributed by atoms with Crippen LogP contribution in [0, 0.1) is 0 Å². The Labute approximate surface area is 114 Å². The first-order chi connectivity index (χ1) is 9.24. The van der Waals surface area contributed by atoms with Crippen LogP contribution in [0.3, 0.4) is 0 Å². The zero-order valence-electron chi connectivity index (χ0n) is 11.5. The molecule has 0 aromatic carbocycles. The molecule has 1 aromatic heterocycles. The Morgan fingerprint density at radius 3 is 2.84 bits per heavy atom. The van der Waals surface area contributed by atoms with Crippen molar-refractivity contribution in [3.8, 4) is 0 Å². The van der Waals surface area contributed by atoms with Gasteiger partial charge in [-0.2, -0.15) is 5.10 Å². The molecule has 19 heavy (non-hydrogen) atoms. The van der Waals surface area contributed by atoms with E-state index in [1.807, 2.05) is 16.9 Å². The summed E-state index contributed by atoms with van der Waals surface area (Å²) in [6.45, 7) is 7.62. The fourth-order valence-electron chi connectivity index (χ4n) is 2.24. The molecule has 1 aliphatic rings. The minimum absolute atomic E-state index is 0.291. The van der Waals surface area contributed by atoms with E-state index in [2.05, 4.69) is 22.2 Å². The number of aliphatic hydroxyl groups excluding tert-OH is 1.